The summed E-state index contributed by atoms with van der Waals surface area (Å²) in [7, 11) is -6.15. The van der Waals surface area contributed by atoms with Crippen molar-refractivity contribution in [2.45, 2.75) is 50.5 Å². The zero-order valence-corrected chi connectivity index (χ0v) is 13.8. The van der Waals surface area contributed by atoms with Crippen molar-refractivity contribution < 1.29 is 17.4 Å². The fourth-order valence-electron chi connectivity index (χ4n) is 1.21. The van der Waals surface area contributed by atoms with Crippen molar-refractivity contribution in [3.63, 3.8) is 0 Å². The van der Waals surface area contributed by atoms with Crippen molar-refractivity contribution in [2.75, 3.05) is 0 Å². The Bertz CT molecular complexity index is 592. The predicted octanol–water partition coefficient (Wildman–Crippen LogP) is 3.33. The topological polar surface area (TPSA) is 70.8 Å². The van der Waals surface area contributed by atoms with Crippen LogP contribution in [0.15, 0.2) is 11.2 Å². The lowest BCUT2D eigenvalue weighted by molar-refractivity contribution is 0.0551. The van der Waals surface area contributed by atoms with E-state index in [2.05, 4.69) is 9.49 Å². The number of halogens is 3. The van der Waals surface area contributed by atoms with Gasteiger partial charge in [0.25, 0.3) is 0 Å². The number of aromatic nitrogens is 2. The van der Waals surface area contributed by atoms with Crippen molar-refractivity contribution in [2.24, 2.45) is 0 Å². The first-order valence-corrected chi connectivity index (χ1v) is 10.4. The van der Waals surface area contributed by atoms with Crippen LogP contribution in [0.4, 0.5) is 13.2 Å². The van der Waals surface area contributed by atoms with Gasteiger partial charge >= 0.3 is 6.55 Å². The molecule has 0 aliphatic carbocycles. The van der Waals surface area contributed by atoms with Crippen LogP contribution in [0.25, 0.3) is 0 Å². The molecule has 0 aliphatic rings. The third-order valence-corrected chi connectivity index (χ3v) is 11.2. The summed E-state index contributed by atoms with van der Waals surface area (Å²) in [4.78, 5) is 0. The second-order valence-corrected chi connectivity index (χ2v) is 13.1. The molecule has 0 saturated heterocycles. The largest absolute Gasteiger partial charge is 0.333 e. The summed E-state index contributed by atoms with van der Waals surface area (Å²) in [5.74, 6) is -1.17. The Kier molecular flexibility index (Phi) is 4.43. The van der Waals surface area contributed by atoms with E-state index in [-0.39, 0.29) is 9.72 Å². The first kappa shape index (κ1) is 17.2. The van der Waals surface area contributed by atoms with Gasteiger partial charge in [-0.15, -0.1) is 0 Å². The molecule has 0 saturated carbocycles. The molecule has 116 valence electrons. The van der Waals surface area contributed by atoms with E-state index in [1.807, 2.05) is 33.9 Å². The molecular formula is C10H19F3N4OSSi. The van der Waals surface area contributed by atoms with Gasteiger partial charge in [-0.1, -0.05) is 33.9 Å². The fraction of sp³-hybridized carbons (Fsp3) is 0.700. The molecule has 1 unspecified atom stereocenters. The SMILES string of the molecule is CC(C)(C)[Si](C)(C)NS(=N)(=O)c1nn(C(F)F)cc1F. The standard InChI is InChI=1S/C10H19F3N4OSSi/c1-10(2,3)20(4,5)16-19(14,18)8-7(11)6-17(15-8)9(12)13/h6,9H,1-5H3,(H2,14,16,18). The molecular weight excluding hydrogens is 309 g/mol. The minimum absolute atomic E-state index is 0.0617. The maximum Gasteiger partial charge on any atom is 0.333 e. The Labute approximate surface area is 117 Å². The predicted molar refractivity (Wildman–Crippen MR) is 72.9 cm³/mol. The smallest absolute Gasteiger partial charge is 0.248 e. The van der Waals surface area contributed by atoms with Gasteiger partial charge in [0.2, 0.25) is 5.03 Å². The minimum atomic E-state index is -3.77. The van der Waals surface area contributed by atoms with Crippen LogP contribution in [0.2, 0.25) is 18.1 Å². The van der Waals surface area contributed by atoms with Crippen molar-refractivity contribution in [1.29, 1.82) is 4.78 Å². The average molecular weight is 328 g/mol. The maximum absolute atomic E-state index is 13.6. The van der Waals surface area contributed by atoms with Gasteiger partial charge < -0.3 is 0 Å². The first-order chi connectivity index (χ1) is 8.78. The maximum atomic E-state index is 13.6. The highest BCUT2D eigenvalue weighted by molar-refractivity contribution is 7.91. The average Bonchev–Trinajstić information content (AvgIpc) is 2.57. The summed E-state index contributed by atoms with van der Waals surface area (Å²) in [5, 5.41) is 2.21. The summed E-state index contributed by atoms with van der Waals surface area (Å²) in [6, 6.07) is 0. The lowest BCUT2D eigenvalue weighted by Crippen LogP contribution is -2.54. The van der Waals surface area contributed by atoms with Crippen molar-refractivity contribution in [1.82, 2.24) is 14.2 Å². The third-order valence-electron chi connectivity index (χ3n) is 3.40. The fourth-order valence-corrected chi connectivity index (χ4v) is 6.23. The summed E-state index contributed by atoms with van der Waals surface area (Å²) >= 11 is 0. The second kappa shape index (κ2) is 5.15. The molecule has 0 amide bonds. The van der Waals surface area contributed by atoms with Crippen LogP contribution >= 0.6 is 0 Å². The van der Waals surface area contributed by atoms with E-state index in [0.29, 0.717) is 6.20 Å². The molecule has 2 N–H and O–H groups in total. The van der Waals surface area contributed by atoms with Gasteiger partial charge in [-0.25, -0.2) is 22.4 Å². The van der Waals surface area contributed by atoms with E-state index in [4.69, 9.17) is 4.78 Å². The zero-order chi connectivity index (χ0) is 15.9. The van der Waals surface area contributed by atoms with E-state index in [1.165, 1.54) is 0 Å². The third kappa shape index (κ3) is 3.41. The second-order valence-electron chi connectivity index (χ2n) is 6.07. The van der Waals surface area contributed by atoms with Crippen LogP contribution in [-0.2, 0) is 9.92 Å². The van der Waals surface area contributed by atoms with E-state index in [1.54, 1.807) is 0 Å². The Morgan fingerprint density at radius 1 is 1.45 bits per heavy atom. The summed E-state index contributed by atoms with van der Waals surface area (Å²) < 4.78 is 61.3. The molecule has 5 nitrogen and oxygen atoms in total. The molecule has 1 aromatic heterocycles. The molecule has 0 radical (unpaired) electrons. The highest BCUT2D eigenvalue weighted by atomic mass is 32.2. The van der Waals surface area contributed by atoms with Gasteiger partial charge in [0, 0.05) is 0 Å². The van der Waals surface area contributed by atoms with Crippen LogP contribution in [0.3, 0.4) is 0 Å². The molecule has 1 aromatic rings. The number of hydrogen-bond acceptors (Lipinski definition) is 3. The molecule has 0 bridgehead atoms. The molecule has 1 atom stereocenters. The van der Waals surface area contributed by atoms with Gasteiger partial charge in [0.1, 0.15) is 8.24 Å². The van der Waals surface area contributed by atoms with Crippen molar-refractivity contribution >= 4 is 18.2 Å². The van der Waals surface area contributed by atoms with Crippen LogP contribution in [0.1, 0.15) is 27.3 Å². The number of hydrogen-bond donors (Lipinski definition) is 2. The minimum Gasteiger partial charge on any atom is -0.248 e. The van der Waals surface area contributed by atoms with Crippen LogP contribution in [-0.4, -0.2) is 22.2 Å². The van der Waals surface area contributed by atoms with Gasteiger partial charge in [-0.3, -0.25) is 0 Å². The Balaban J connectivity index is 3.19. The molecule has 0 aliphatic heterocycles. The highest BCUT2D eigenvalue weighted by Crippen LogP contribution is 2.35. The molecule has 0 spiro atoms. The van der Waals surface area contributed by atoms with Gasteiger partial charge in [-0.05, 0) is 5.04 Å². The number of nitrogens with one attached hydrogen (secondary N) is 2. The van der Waals surface area contributed by atoms with Crippen molar-refractivity contribution in [3.8, 4) is 0 Å². The first-order valence-electron chi connectivity index (χ1n) is 5.88. The van der Waals surface area contributed by atoms with Gasteiger partial charge in [0.05, 0.1) is 6.20 Å². The zero-order valence-electron chi connectivity index (χ0n) is 12.0. The molecule has 1 heterocycles. The lowest BCUT2D eigenvalue weighted by atomic mass is 10.2. The molecule has 20 heavy (non-hydrogen) atoms. The lowest BCUT2D eigenvalue weighted by Gasteiger charge is -2.37. The van der Waals surface area contributed by atoms with E-state index in [9.17, 15) is 17.4 Å². The number of rotatable bonds is 4. The normalized spacial score (nSPS) is 16.4. The Morgan fingerprint density at radius 2 is 1.95 bits per heavy atom. The van der Waals surface area contributed by atoms with E-state index < -0.39 is 35.5 Å². The van der Waals surface area contributed by atoms with Crippen molar-refractivity contribution in [3.05, 3.63) is 12.0 Å². The molecule has 0 aromatic carbocycles. The van der Waals surface area contributed by atoms with Gasteiger partial charge in [-0.2, -0.15) is 13.9 Å². The molecule has 1 rings (SSSR count). The summed E-state index contributed by atoms with van der Waals surface area (Å²) in [6.45, 7) is 6.37. The Hall–Kier alpha value is -0.873. The van der Waals surface area contributed by atoms with Crippen LogP contribution in [0.5, 0.6) is 0 Å². The quantitative estimate of drug-likeness (QED) is 0.832. The van der Waals surface area contributed by atoms with Crippen LogP contribution < -0.4 is 4.39 Å². The molecule has 10 heteroatoms. The molecule has 0 fully saturated rings. The number of nitrogens with zero attached hydrogens (tertiary/aromatic N) is 2. The van der Waals surface area contributed by atoms with E-state index >= 15 is 0 Å². The summed E-state index contributed by atoms with van der Waals surface area (Å²) in [6.07, 6.45) is 0.446. The van der Waals surface area contributed by atoms with Gasteiger partial charge in [0.15, 0.2) is 15.7 Å². The number of alkyl halides is 2. The monoisotopic (exact) mass is 328 g/mol. The highest BCUT2D eigenvalue weighted by Gasteiger charge is 2.39. The summed E-state index contributed by atoms with van der Waals surface area (Å²) in [5.41, 5.74) is 0. The van der Waals surface area contributed by atoms with Crippen LogP contribution in [0, 0.1) is 10.6 Å². The Morgan fingerprint density at radius 3 is 2.30 bits per heavy atom. The van der Waals surface area contributed by atoms with E-state index in [0.717, 1.165) is 0 Å².